The third kappa shape index (κ3) is 4.80. The molecule has 0 spiro atoms. The molecule has 1 unspecified atom stereocenters. The van der Waals surface area contributed by atoms with E-state index < -0.39 is 0 Å². The van der Waals surface area contributed by atoms with Crippen molar-refractivity contribution in [1.82, 2.24) is 0 Å². The van der Waals surface area contributed by atoms with E-state index in [1.54, 1.807) is 5.57 Å². The molecule has 0 N–H and O–H groups in total. The van der Waals surface area contributed by atoms with Crippen LogP contribution in [0, 0.1) is 0 Å². The van der Waals surface area contributed by atoms with Gasteiger partial charge in [-0.1, -0.05) is 118 Å². The SMILES string of the molecule is CC1(C)C2=C(CCC=C2)c2ccc(-c3ccc4c(c3)N(c3ccccc3)c3cc(C5CCCCC5)cc5c3B4C3CC=CC=C3N5c3ccccc3)cc21. The zero-order valence-electron chi connectivity index (χ0n) is 31.6. The molecule has 0 radical (unpaired) electrons. The maximum absolute atomic E-state index is 2.62. The topological polar surface area (TPSA) is 6.48 Å². The molecule has 6 aliphatic rings. The van der Waals surface area contributed by atoms with Gasteiger partial charge in [0.1, 0.15) is 0 Å². The van der Waals surface area contributed by atoms with E-state index in [0.29, 0.717) is 11.7 Å². The highest BCUT2D eigenvalue weighted by Crippen LogP contribution is 2.53. The fourth-order valence-electron chi connectivity index (χ4n) is 11.1. The minimum atomic E-state index is 0.0106. The van der Waals surface area contributed by atoms with Crippen molar-refractivity contribution in [3.63, 3.8) is 0 Å². The fraction of sp³-hybridized carbons (Fsp3) is 0.255. The number of rotatable bonds is 4. The number of anilines is 5. The van der Waals surface area contributed by atoms with Crippen LogP contribution in [0.5, 0.6) is 0 Å². The van der Waals surface area contributed by atoms with E-state index in [1.807, 2.05) is 0 Å². The van der Waals surface area contributed by atoms with Gasteiger partial charge in [0.2, 0.25) is 6.71 Å². The van der Waals surface area contributed by atoms with Gasteiger partial charge in [-0.2, -0.15) is 0 Å². The Morgan fingerprint density at radius 3 is 2.17 bits per heavy atom. The van der Waals surface area contributed by atoms with Gasteiger partial charge < -0.3 is 9.80 Å². The van der Waals surface area contributed by atoms with Gasteiger partial charge in [-0.05, 0) is 148 Å². The summed E-state index contributed by atoms with van der Waals surface area (Å²) in [4.78, 5) is 5.24. The lowest BCUT2D eigenvalue weighted by Crippen LogP contribution is -2.58. The number of fused-ring (bicyclic) bond motifs is 6. The third-order valence-electron chi connectivity index (χ3n) is 13.7. The summed E-state index contributed by atoms with van der Waals surface area (Å²) in [6.07, 6.45) is 21.7. The van der Waals surface area contributed by atoms with Crippen molar-refractivity contribution in [2.75, 3.05) is 9.80 Å². The van der Waals surface area contributed by atoms with E-state index in [-0.39, 0.29) is 12.1 Å². The predicted molar refractivity (Wildman–Crippen MR) is 230 cm³/mol. The number of hydrogen-bond donors (Lipinski definition) is 0. The molecule has 0 amide bonds. The number of nitrogens with zero attached hydrogens (tertiary/aromatic N) is 2. The summed E-state index contributed by atoms with van der Waals surface area (Å²) < 4.78 is 0. The number of hydrogen-bond acceptors (Lipinski definition) is 2. The summed E-state index contributed by atoms with van der Waals surface area (Å²) in [6.45, 7) is 5.10. The quantitative estimate of drug-likeness (QED) is 0.172. The minimum absolute atomic E-state index is 0.0106. The Bertz CT molecular complexity index is 2440. The molecular weight excluding hydrogens is 651 g/mol. The highest BCUT2D eigenvalue weighted by atomic mass is 15.2. The molecule has 2 nitrogen and oxygen atoms in total. The molecule has 1 fully saturated rings. The highest BCUT2D eigenvalue weighted by molar-refractivity contribution is 6.91. The maximum atomic E-state index is 2.62. The molecule has 5 aromatic rings. The first-order valence-electron chi connectivity index (χ1n) is 20.5. The van der Waals surface area contributed by atoms with Crippen LogP contribution in [0.1, 0.15) is 87.8 Å². The second kappa shape index (κ2) is 12.4. The zero-order valence-corrected chi connectivity index (χ0v) is 31.6. The lowest BCUT2D eigenvalue weighted by molar-refractivity contribution is 0.444. The van der Waals surface area contributed by atoms with Crippen LogP contribution in [0.15, 0.2) is 151 Å². The zero-order chi connectivity index (χ0) is 36.0. The molecule has 1 atom stereocenters. The Kier molecular flexibility index (Phi) is 7.38. The first-order valence-corrected chi connectivity index (χ1v) is 20.5. The Morgan fingerprint density at radius 1 is 0.685 bits per heavy atom. The van der Waals surface area contributed by atoms with Gasteiger partial charge in [0.15, 0.2) is 0 Å². The van der Waals surface area contributed by atoms with Gasteiger partial charge in [0.25, 0.3) is 0 Å². The minimum Gasteiger partial charge on any atom is -0.315 e. The van der Waals surface area contributed by atoms with Crippen molar-refractivity contribution in [2.24, 2.45) is 0 Å². The summed E-state index contributed by atoms with van der Waals surface area (Å²) in [5.74, 6) is 0.930. The molecule has 2 aliphatic heterocycles. The lowest BCUT2D eigenvalue weighted by atomic mass is 9.29. The average molecular weight is 699 g/mol. The summed E-state index contributed by atoms with van der Waals surface area (Å²) in [7, 11) is 0. The normalized spacial score (nSPS) is 20.6. The molecule has 1 saturated carbocycles. The molecule has 264 valence electrons. The van der Waals surface area contributed by atoms with Crippen molar-refractivity contribution < 1.29 is 0 Å². The van der Waals surface area contributed by atoms with Crippen LogP contribution in [-0.4, -0.2) is 6.71 Å². The van der Waals surface area contributed by atoms with Crippen LogP contribution in [0.25, 0.3) is 16.7 Å². The maximum Gasteiger partial charge on any atom is 0.226 e. The molecule has 3 heteroatoms. The van der Waals surface area contributed by atoms with Crippen molar-refractivity contribution >= 4 is 51.6 Å². The van der Waals surface area contributed by atoms with Crippen LogP contribution in [0.4, 0.5) is 28.4 Å². The van der Waals surface area contributed by atoms with E-state index >= 15 is 0 Å². The van der Waals surface area contributed by atoms with Crippen molar-refractivity contribution in [2.45, 2.75) is 82.4 Å². The molecular formula is C51H47BN2. The van der Waals surface area contributed by atoms with Crippen LogP contribution in [-0.2, 0) is 5.41 Å². The molecule has 0 saturated heterocycles. The van der Waals surface area contributed by atoms with E-state index in [1.165, 1.54) is 111 Å². The Hall–Kier alpha value is -5.28. The van der Waals surface area contributed by atoms with E-state index in [9.17, 15) is 0 Å². The van der Waals surface area contributed by atoms with Crippen LogP contribution in [0.2, 0.25) is 5.82 Å². The monoisotopic (exact) mass is 698 g/mol. The Morgan fingerprint density at radius 2 is 1.39 bits per heavy atom. The summed E-state index contributed by atoms with van der Waals surface area (Å²) in [5, 5.41) is 0. The molecule has 54 heavy (non-hydrogen) atoms. The van der Waals surface area contributed by atoms with Crippen molar-refractivity contribution in [3.8, 4) is 11.1 Å². The Labute approximate surface area is 321 Å². The van der Waals surface area contributed by atoms with Crippen molar-refractivity contribution in [3.05, 3.63) is 168 Å². The average Bonchev–Trinajstić information content (AvgIpc) is 3.46. The number of allylic oxidation sites excluding steroid dienone is 8. The van der Waals surface area contributed by atoms with Crippen LogP contribution >= 0.6 is 0 Å². The fourth-order valence-corrected chi connectivity index (χ4v) is 11.1. The van der Waals surface area contributed by atoms with Gasteiger partial charge in [0.05, 0.1) is 0 Å². The van der Waals surface area contributed by atoms with E-state index in [2.05, 4.69) is 163 Å². The predicted octanol–water partition coefficient (Wildman–Crippen LogP) is 12.6. The second-order valence-corrected chi connectivity index (χ2v) is 17.0. The van der Waals surface area contributed by atoms with Gasteiger partial charge >= 0.3 is 0 Å². The van der Waals surface area contributed by atoms with Crippen LogP contribution in [0.3, 0.4) is 0 Å². The molecule has 0 aromatic heterocycles. The standard InChI is InChI=1S/C51H47BN2/c1-51(2)42-23-13-12-22-40(42)41-28-26-35(30-43(41)51)36-27-29-45-47(31-36)54(39-20-10-5-11-21-39)49-33-37(34-16-6-3-7-17-34)32-48-50(49)52(45)44-24-14-15-25-46(44)53(48)38-18-8-4-9-19-38/h4-5,8-11,13-15,18-21,23,25-34,44H,3,6-7,12,16-17,22,24H2,1-2H3. The molecule has 0 bridgehead atoms. The molecule has 5 aromatic carbocycles. The highest BCUT2D eigenvalue weighted by Gasteiger charge is 2.48. The first-order chi connectivity index (χ1) is 26.6. The number of benzene rings is 5. The first kappa shape index (κ1) is 32.2. The van der Waals surface area contributed by atoms with Crippen molar-refractivity contribution in [1.29, 1.82) is 0 Å². The molecule has 11 rings (SSSR count). The molecule has 4 aliphatic carbocycles. The molecule has 2 heterocycles. The van der Waals surface area contributed by atoms with E-state index in [4.69, 9.17) is 0 Å². The van der Waals surface area contributed by atoms with Gasteiger partial charge in [-0.3, -0.25) is 0 Å². The smallest absolute Gasteiger partial charge is 0.226 e. The largest absolute Gasteiger partial charge is 0.315 e. The lowest BCUT2D eigenvalue weighted by Gasteiger charge is -2.49. The number of para-hydroxylation sites is 2. The van der Waals surface area contributed by atoms with Gasteiger partial charge in [-0.25, -0.2) is 0 Å². The summed E-state index contributed by atoms with van der Waals surface area (Å²) in [6, 6.07) is 42.3. The van der Waals surface area contributed by atoms with E-state index in [0.717, 1.165) is 19.3 Å². The third-order valence-corrected chi connectivity index (χ3v) is 13.7. The Balaban J connectivity index is 1.15. The van der Waals surface area contributed by atoms with Gasteiger partial charge in [0, 0.05) is 39.5 Å². The van der Waals surface area contributed by atoms with Gasteiger partial charge in [-0.15, -0.1) is 0 Å². The second-order valence-electron chi connectivity index (χ2n) is 17.0. The summed E-state index contributed by atoms with van der Waals surface area (Å²) >= 11 is 0. The van der Waals surface area contributed by atoms with Crippen LogP contribution < -0.4 is 20.7 Å². The summed E-state index contributed by atoms with van der Waals surface area (Å²) in [5.41, 5.74) is 21.0.